The van der Waals surface area contributed by atoms with Gasteiger partial charge in [0.2, 0.25) is 0 Å². The summed E-state index contributed by atoms with van der Waals surface area (Å²) in [6.07, 6.45) is 3.46. The fraction of sp³-hybridized carbons (Fsp3) is 0.571. The SMILES string of the molecule is Cc1c(C=O)c2ccccc2n1C(C)C1CCN(C(C)(C)C)CC1. The molecule has 3 rings (SSSR count). The van der Waals surface area contributed by atoms with Crippen LogP contribution in [-0.4, -0.2) is 34.4 Å². The summed E-state index contributed by atoms with van der Waals surface area (Å²) in [7, 11) is 0. The number of carbonyl (C=O) groups is 1. The van der Waals surface area contributed by atoms with Crippen LogP contribution in [0, 0.1) is 12.8 Å². The van der Waals surface area contributed by atoms with Gasteiger partial charge in [0.25, 0.3) is 0 Å². The maximum Gasteiger partial charge on any atom is 0.152 e. The van der Waals surface area contributed by atoms with Gasteiger partial charge in [-0.05, 0) is 72.5 Å². The number of rotatable bonds is 3. The standard InChI is InChI=1S/C21H30N2O/c1-15(17-10-12-22(13-11-17)21(3,4)5)23-16(2)19(14-24)18-8-6-7-9-20(18)23/h6-9,14-15,17H,10-13H2,1-5H3. The van der Waals surface area contributed by atoms with Gasteiger partial charge < -0.3 is 4.57 Å². The normalized spacial score (nSPS) is 18.9. The zero-order valence-corrected chi connectivity index (χ0v) is 15.7. The lowest BCUT2D eigenvalue weighted by Crippen LogP contribution is -2.47. The van der Waals surface area contributed by atoms with Gasteiger partial charge in [0, 0.05) is 33.7 Å². The molecule has 0 amide bonds. The van der Waals surface area contributed by atoms with Crippen molar-refractivity contribution >= 4 is 17.2 Å². The minimum absolute atomic E-state index is 0.259. The number of piperidine rings is 1. The Morgan fingerprint density at radius 3 is 2.38 bits per heavy atom. The van der Waals surface area contributed by atoms with E-state index in [2.05, 4.69) is 62.3 Å². The van der Waals surface area contributed by atoms with Crippen molar-refractivity contribution in [2.45, 2.75) is 59.0 Å². The van der Waals surface area contributed by atoms with Gasteiger partial charge in [-0.2, -0.15) is 0 Å². The molecule has 3 nitrogen and oxygen atoms in total. The predicted octanol–water partition coefficient (Wildman–Crippen LogP) is 4.83. The van der Waals surface area contributed by atoms with Crippen molar-refractivity contribution in [1.82, 2.24) is 9.47 Å². The maximum atomic E-state index is 11.6. The second kappa shape index (κ2) is 6.36. The highest BCUT2D eigenvalue weighted by molar-refractivity contribution is 5.99. The number of likely N-dealkylation sites (tertiary alicyclic amines) is 1. The topological polar surface area (TPSA) is 25.2 Å². The Hall–Kier alpha value is -1.61. The van der Waals surface area contributed by atoms with Gasteiger partial charge in [0.15, 0.2) is 6.29 Å². The van der Waals surface area contributed by atoms with E-state index in [1.165, 1.54) is 18.4 Å². The van der Waals surface area contributed by atoms with Crippen molar-refractivity contribution in [3.05, 3.63) is 35.5 Å². The highest BCUT2D eigenvalue weighted by Crippen LogP contribution is 2.36. The predicted molar refractivity (Wildman–Crippen MR) is 101 cm³/mol. The summed E-state index contributed by atoms with van der Waals surface area (Å²) in [6, 6.07) is 8.73. The van der Waals surface area contributed by atoms with Crippen LogP contribution in [0.3, 0.4) is 0 Å². The van der Waals surface area contributed by atoms with E-state index in [1.54, 1.807) is 0 Å². The first-order valence-corrected chi connectivity index (χ1v) is 9.14. The smallest absolute Gasteiger partial charge is 0.152 e. The van der Waals surface area contributed by atoms with Crippen molar-refractivity contribution in [2.24, 2.45) is 5.92 Å². The number of para-hydroxylation sites is 1. The molecule has 130 valence electrons. The van der Waals surface area contributed by atoms with E-state index in [-0.39, 0.29) is 5.54 Å². The molecule has 1 aromatic heterocycles. The van der Waals surface area contributed by atoms with Crippen LogP contribution in [0.25, 0.3) is 10.9 Å². The van der Waals surface area contributed by atoms with Crippen molar-refractivity contribution in [2.75, 3.05) is 13.1 Å². The van der Waals surface area contributed by atoms with Gasteiger partial charge in [-0.25, -0.2) is 0 Å². The minimum atomic E-state index is 0.259. The number of carbonyl (C=O) groups excluding carboxylic acids is 1. The van der Waals surface area contributed by atoms with E-state index >= 15 is 0 Å². The number of hydrogen-bond acceptors (Lipinski definition) is 2. The van der Waals surface area contributed by atoms with Crippen LogP contribution in [0.2, 0.25) is 0 Å². The highest BCUT2D eigenvalue weighted by Gasteiger charge is 2.31. The lowest BCUT2D eigenvalue weighted by atomic mass is 9.88. The minimum Gasteiger partial charge on any atom is -0.341 e. The quantitative estimate of drug-likeness (QED) is 0.755. The maximum absolute atomic E-state index is 11.6. The zero-order valence-electron chi connectivity index (χ0n) is 15.7. The van der Waals surface area contributed by atoms with Crippen molar-refractivity contribution < 1.29 is 4.79 Å². The Morgan fingerprint density at radius 2 is 1.79 bits per heavy atom. The first-order chi connectivity index (χ1) is 11.3. The second-order valence-corrected chi connectivity index (χ2v) is 8.24. The molecule has 0 radical (unpaired) electrons. The van der Waals surface area contributed by atoms with Crippen molar-refractivity contribution in [1.29, 1.82) is 0 Å². The van der Waals surface area contributed by atoms with Gasteiger partial charge >= 0.3 is 0 Å². The third kappa shape index (κ3) is 2.90. The third-order valence-corrected chi connectivity index (χ3v) is 5.90. The Balaban J connectivity index is 1.89. The monoisotopic (exact) mass is 326 g/mol. The molecule has 2 aromatic rings. The number of aldehydes is 1. The lowest BCUT2D eigenvalue weighted by molar-refractivity contribution is 0.0747. The van der Waals surface area contributed by atoms with E-state index in [4.69, 9.17) is 0 Å². The number of fused-ring (bicyclic) bond motifs is 1. The summed E-state index contributed by atoms with van der Waals surface area (Å²) < 4.78 is 2.40. The second-order valence-electron chi connectivity index (χ2n) is 8.24. The summed E-state index contributed by atoms with van der Waals surface area (Å²) in [6.45, 7) is 13.6. The fourth-order valence-corrected chi connectivity index (χ4v) is 4.35. The van der Waals surface area contributed by atoms with Gasteiger partial charge in [0.1, 0.15) is 0 Å². The van der Waals surface area contributed by atoms with Crippen LogP contribution >= 0.6 is 0 Å². The molecule has 1 unspecified atom stereocenters. The van der Waals surface area contributed by atoms with E-state index in [0.29, 0.717) is 12.0 Å². The molecule has 3 heteroatoms. The van der Waals surface area contributed by atoms with Crippen LogP contribution in [0.15, 0.2) is 24.3 Å². The van der Waals surface area contributed by atoms with Crippen LogP contribution in [0.4, 0.5) is 0 Å². The molecule has 1 atom stereocenters. The van der Waals surface area contributed by atoms with Crippen LogP contribution in [0.1, 0.15) is 62.6 Å². The Morgan fingerprint density at radius 1 is 1.17 bits per heavy atom. The highest BCUT2D eigenvalue weighted by atomic mass is 16.1. The van der Waals surface area contributed by atoms with E-state index in [9.17, 15) is 4.79 Å². The van der Waals surface area contributed by atoms with Crippen LogP contribution in [0.5, 0.6) is 0 Å². The Bertz CT molecular complexity index is 730. The number of hydrogen-bond donors (Lipinski definition) is 0. The molecule has 0 bridgehead atoms. The third-order valence-electron chi connectivity index (χ3n) is 5.90. The molecule has 1 saturated heterocycles. The summed E-state index contributed by atoms with van der Waals surface area (Å²) in [4.78, 5) is 14.2. The fourth-order valence-electron chi connectivity index (χ4n) is 4.35. The van der Waals surface area contributed by atoms with E-state index in [1.807, 2.05) is 6.07 Å². The summed E-state index contributed by atoms with van der Waals surface area (Å²) in [5.41, 5.74) is 3.42. The Labute approximate surface area is 145 Å². The number of aromatic nitrogens is 1. The molecular formula is C21H30N2O. The number of benzene rings is 1. The first-order valence-electron chi connectivity index (χ1n) is 9.14. The molecule has 0 saturated carbocycles. The van der Waals surface area contributed by atoms with Crippen molar-refractivity contribution in [3.8, 4) is 0 Å². The van der Waals surface area contributed by atoms with Gasteiger partial charge in [-0.3, -0.25) is 9.69 Å². The molecular weight excluding hydrogens is 296 g/mol. The van der Waals surface area contributed by atoms with Crippen molar-refractivity contribution in [3.63, 3.8) is 0 Å². The summed E-state index contributed by atoms with van der Waals surface area (Å²) >= 11 is 0. The van der Waals surface area contributed by atoms with Crippen LogP contribution in [-0.2, 0) is 0 Å². The molecule has 1 fully saturated rings. The summed E-state index contributed by atoms with van der Waals surface area (Å²) in [5, 5.41) is 1.09. The largest absolute Gasteiger partial charge is 0.341 e. The molecule has 1 aromatic carbocycles. The Kier molecular flexibility index (Phi) is 4.56. The molecule has 1 aliphatic heterocycles. The zero-order chi connectivity index (χ0) is 17.5. The first kappa shape index (κ1) is 17.2. The lowest BCUT2D eigenvalue weighted by Gasteiger charge is -2.42. The molecule has 24 heavy (non-hydrogen) atoms. The van der Waals surface area contributed by atoms with Crippen LogP contribution < -0.4 is 0 Å². The molecule has 0 spiro atoms. The average molecular weight is 326 g/mol. The number of nitrogens with zero attached hydrogens (tertiary/aromatic N) is 2. The molecule has 0 aliphatic carbocycles. The molecule has 2 heterocycles. The average Bonchev–Trinajstić information content (AvgIpc) is 2.84. The molecule has 1 aliphatic rings. The van der Waals surface area contributed by atoms with E-state index < -0.39 is 0 Å². The molecule has 0 N–H and O–H groups in total. The van der Waals surface area contributed by atoms with Gasteiger partial charge in [-0.1, -0.05) is 18.2 Å². The van der Waals surface area contributed by atoms with Gasteiger partial charge in [-0.15, -0.1) is 0 Å². The summed E-state index contributed by atoms with van der Waals surface area (Å²) in [5.74, 6) is 0.664. The van der Waals surface area contributed by atoms with Gasteiger partial charge in [0.05, 0.1) is 0 Å². The van der Waals surface area contributed by atoms with E-state index in [0.717, 1.165) is 36.0 Å².